The third kappa shape index (κ3) is 3.20. The lowest BCUT2D eigenvalue weighted by Crippen LogP contribution is -2.41. The summed E-state index contributed by atoms with van der Waals surface area (Å²) < 4.78 is 32.6. The van der Waals surface area contributed by atoms with E-state index in [1.54, 1.807) is 40.7 Å². The van der Waals surface area contributed by atoms with E-state index in [0.717, 1.165) is 24.8 Å². The summed E-state index contributed by atoms with van der Waals surface area (Å²) in [5.41, 5.74) is 0.787. The van der Waals surface area contributed by atoms with Crippen molar-refractivity contribution < 1.29 is 17.9 Å². The van der Waals surface area contributed by atoms with Gasteiger partial charge in [-0.25, -0.2) is 8.42 Å². The van der Waals surface area contributed by atoms with Gasteiger partial charge < -0.3 is 9.52 Å². The molecular weight excluding hydrogens is 314 g/mol. The number of piperidine rings is 1. The molecule has 1 saturated heterocycles. The largest absolute Gasteiger partial charge is 0.459 e. The fraction of sp³-hybridized carbons (Fsp3) is 0.412. The van der Waals surface area contributed by atoms with E-state index in [2.05, 4.69) is 0 Å². The van der Waals surface area contributed by atoms with Crippen LogP contribution in [0.5, 0.6) is 0 Å². The van der Waals surface area contributed by atoms with Crippen molar-refractivity contribution in [1.29, 1.82) is 0 Å². The molecule has 1 aliphatic rings. The van der Waals surface area contributed by atoms with E-state index in [1.807, 2.05) is 6.92 Å². The van der Waals surface area contributed by atoms with Crippen LogP contribution >= 0.6 is 0 Å². The maximum absolute atomic E-state index is 12.8. The first-order valence-electron chi connectivity index (χ1n) is 7.84. The van der Waals surface area contributed by atoms with Gasteiger partial charge in [-0.3, -0.25) is 0 Å². The molecule has 0 amide bonds. The molecule has 0 bridgehead atoms. The molecule has 1 atom stereocenters. The van der Waals surface area contributed by atoms with Gasteiger partial charge in [-0.15, -0.1) is 0 Å². The summed E-state index contributed by atoms with van der Waals surface area (Å²) in [4.78, 5) is 0.309. The molecule has 0 spiro atoms. The van der Waals surface area contributed by atoms with Crippen LogP contribution in [0, 0.1) is 0 Å². The first-order valence-corrected chi connectivity index (χ1v) is 9.28. The smallest absolute Gasteiger partial charge is 0.243 e. The molecule has 23 heavy (non-hydrogen) atoms. The summed E-state index contributed by atoms with van der Waals surface area (Å²) in [5.74, 6) is 1.10. The fourth-order valence-electron chi connectivity index (χ4n) is 2.97. The van der Waals surface area contributed by atoms with Crippen LogP contribution in [0.25, 0.3) is 11.3 Å². The summed E-state index contributed by atoms with van der Waals surface area (Å²) in [6.07, 6.45) is 2.91. The maximum Gasteiger partial charge on any atom is 0.243 e. The van der Waals surface area contributed by atoms with Gasteiger partial charge in [0.05, 0.1) is 4.90 Å². The quantitative estimate of drug-likeness (QED) is 0.932. The lowest BCUT2D eigenvalue weighted by Gasteiger charge is -2.32. The van der Waals surface area contributed by atoms with Crippen LogP contribution < -0.4 is 0 Å². The van der Waals surface area contributed by atoms with Gasteiger partial charge in [0.25, 0.3) is 0 Å². The van der Waals surface area contributed by atoms with E-state index in [9.17, 15) is 8.42 Å². The highest BCUT2D eigenvalue weighted by Crippen LogP contribution is 2.28. The molecule has 0 radical (unpaired) electrons. The van der Waals surface area contributed by atoms with Crippen molar-refractivity contribution >= 4 is 10.0 Å². The molecule has 1 aromatic carbocycles. The molecule has 0 saturated carbocycles. The molecule has 1 fully saturated rings. The maximum atomic E-state index is 12.8. The third-order valence-corrected chi connectivity index (χ3v) is 6.33. The van der Waals surface area contributed by atoms with Gasteiger partial charge in [0.15, 0.2) is 0 Å². The van der Waals surface area contributed by atoms with Crippen molar-refractivity contribution in [3.63, 3.8) is 0 Å². The number of rotatable bonds is 4. The average Bonchev–Trinajstić information content (AvgIpc) is 3.04. The number of aliphatic hydroxyl groups is 1. The minimum Gasteiger partial charge on any atom is -0.459 e. The fourth-order valence-corrected chi connectivity index (χ4v) is 4.67. The molecule has 2 heterocycles. The Morgan fingerprint density at radius 3 is 2.52 bits per heavy atom. The topological polar surface area (TPSA) is 70.8 Å². The molecule has 1 unspecified atom stereocenters. The SMILES string of the molecule is CC1CCCCN1S(=O)(=O)c1ccc(-c2ccc(CO)o2)cc1. The van der Waals surface area contributed by atoms with Crippen molar-refractivity contribution in [2.24, 2.45) is 0 Å². The van der Waals surface area contributed by atoms with Gasteiger partial charge in [-0.05, 0) is 56.2 Å². The Morgan fingerprint density at radius 1 is 1.17 bits per heavy atom. The monoisotopic (exact) mass is 335 g/mol. The Balaban J connectivity index is 1.86. The van der Waals surface area contributed by atoms with Crippen LogP contribution in [-0.4, -0.2) is 30.4 Å². The van der Waals surface area contributed by atoms with Crippen molar-refractivity contribution in [2.45, 2.75) is 43.7 Å². The molecule has 1 aromatic heterocycles. The normalized spacial score (nSPS) is 19.8. The second kappa shape index (κ2) is 6.47. The van der Waals surface area contributed by atoms with E-state index in [1.165, 1.54) is 0 Å². The first-order chi connectivity index (χ1) is 11.0. The zero-order valence-corrected chi connectivity index (χ0v) is 13.9. The van der Waals surface area contributed by atoms with Crippen molar-refractivity contribution in [3.05, 3.63) is 42.2 Å². The molecule has 1 N–H and O–H groups in total. The zero-order valence-electron chi connectivity index (χ0n) is 13.1. The average molecular weight is 335 g/mol. The van der Waals surface area contributed by atoms with Crippen LogP contribution in [0.15, 0.2) is 45.7 Å². The van der Waals surface area contributed by atoms with Gasteiger partial charge in [0.2, 0.25) is 10.0 Å². The summed E-state index contributed by atoms with van der Waals surface area (Å²) in [7, 11) is -3.45. The number of aliphatic hydroxyl groups excluding tert-OH is 1. The lowest BCUT2D eigenvalue weighted by atomic mass is 10.1. The standard InChI is InChI=1S/C17H21NO4S/c1-13-4-2-3-11-18(13)23(20,21)16-8-5-14(6-9-16)17-10-7-15(12-19)22-17/h5-10,13,19H,2-4,11-12H2,1H3. The van der Waals surface area contributed by atoms with Crippen LogP contribution in [-0.2, 0) is 16.6 Å². The predicted molar refractivity (Wildman–Crippen MR) is 87.3 cm³/mol. The highest BCUT2D eigenvalue weighted by molar-refractivity contribution is 7.89. The molecule has 0 aliphatic carbocycles. The van der Waals surface area contributed by atoms with Crippen LogP contribution in [0.1, 0.15) is 31.9 Å². The van der Waals surface area contributed by atoms with Crippen molar-refractivity contribution in [1.82, 2.24) is 4.31 Å². The minimum absolute atomic E-state index is 0.0469. The van der Waals surface area contributed by atoms with Gasteiger partial charge in [0, 0.05) is 18.2 Å². The lowest BCUT2D eigenvalue weighted by molar-refractivity contribution is 0.248. The number of hydrogen-bond donors (Lipinski definition) is 1. The Bertz CT molecular complexity index is 764. The number of furan rings is 1. The predicted octanol–water partition coefficient (Wildman–Crippen LogP) is 3.00. The molecule has 5 nitrogen and oxygen atoms in total. The summed E-state index contributed by atoms with van der Waals surface area (Å²) in [5, 5.41) is 9.04. The van der Waals surface area contributed by atoms with E-state index < -0.39 is 10.0 Å². The first kappa shape index (κ1) is 16.2. The minimum atomic E-state index is -3.45. The van der Waals surface area contributed by atoms with Gasteiger partial charge in [-0.2, -0.15) is 4.31 Å². The summed E-state index contributed by atoms with van der Waals surface area (Å²) in [6, 6.07) is 10.2. The second-order valence-corrected chi connectivity index (χ2v) is 7.80. The highest BCUT2D eigenvalue weighted by atomic mass is 32.2. The summed E-state index contributed by atoms with van der Waals surface area (Å²) in [6.45, 7) is 2.40. The van der Waals surface area contributed by atoms with Gasteiger partial charge in [0.1, 0.15) is 18.1 Å². The van der Waals surface area contributed by atoms with Crippen LogP contribution in [0.2, 0.25) is 0 Å². The zero-order chi connectivity index (χ0) is 16.4. The molecule has 6 heteroatoms. The Hall–Kier alpha value is -1.63. The van der Waals surface area contributed by atoms with Crippen LogP contribution in [0.3, 0.4) is 0 Å². The Kier molecular flexibility index (Phi) is 4.57. The number of nitrogens with zero attached hydrogens (tertiary/aromatic N) is 1. The van der Waals surface area contributed by atoms with E-state index >= 15 is 0 Å². The molecule has 124 valence electrons. The van der Waals surface area contributed by atoms with Gasteiger partial charge >= 0.3 is 0 Å². The van der Waals surface area contributed by atoms with E-state index in [-0.39, 0.29) is 12.6 Å². The third-order valence-electron chi connectivity index (χ3n) is 4.30. The Labute approximate surface area is 136 Å². The number of benzene rings is 1. The molecule has 1 aliphatic heterocycles. The number of hydrogen-bond acceptors (Lipinski definition) is 4. The second-order valence-electron chi connectivity index (χ2n) is 5.91. The molecule has 2 aromatic rings. The van der Waals surface area contributed by atoms with Gasteiger partial charge in [-0.1, -0.05) is 6.42 Å². The molecule has 3 rings (SSSR count). The Morgan fingerprint density at radius 2 is 1.91 bits per heavy atom. The highest BCUT2D eigenvalue weighted by Gasteiger charge is 2.30. The molecular formula is C17H21NO4S. The van der Waals surface area contributed by atoms with E-state index in [4.69, 9.17) is 9.52 Å². The summed E-state index contributed by atoms with van der Waals surface area (Å²) >= 11 is 0. The van der Waals surface area contributed by atoms with E-state index in [0.29, 0.717) is 23.0 Å². The van der Waals surface area contributed by atoms with Crippen LogP contribution in [0.4, 0.5) is 0 Å². The van der Waals surface area contributed by atoms with Crippen molar-refractivity contribution in [2.75, 3.05) is 6.54 Å². The van der Waals surface area contributed by atoms with Crippen molar-refractivity contribution in [3.8, 4) is 11.3 Å². The number of sulfonamides is 1.